The highest BCUT2D eigenvalue weighted by molar-refractivity contribution is 6.30. The molecule has 96 valence electrons. The number of hydrogen-bond donors (Lipinski definition) is 1. The van der Waals surface area contributed by atoms with Crippen LogP contribution < -0.4 is 10.1 Å². The molecular formula is C14H22ClNO. The molecule has 0 saturated heterocycles. The Morgan fingerprint density at radius 3 is 2.76 bits per heavy atom. The number of methoxy groups -OCH3 is 1. The Morgan fingerprint density at radius 1 is 1.24 bits per heavy atom. The maximum Gasteiger partial charge on any atom is 0.123 e. The molecule has 17 heavy (non-hydrogen) atoms. The van der Waals surface area contributed by atoms with E-state index in [1.165, 1.54) is 25.7 Å². The maximum atomic E-state index is 5.97. The molecule has 0 unspecified atom stereocenters. The Kier molecular flexibility index (Phi) is 7.06. The highest BCUT2D eigenvalue weighted by Crippen LogP contribution is 2.22. The van der Waals surface area contributed by atoms with Crippen molar-refractivity contribution in [3.8, 4) is 5.75 Å². The van der Waals surface area contributed by atoms with Crippen LogP contribution in [-0.4, -0.2) is 13.7 Å². The molecule has 0 atom stereocenters. The van der Waals surface area contributed by atoms with Crippen molar-refractivity contribution in [3.63, 3.8) is 0 Å². The lowest BCUT2D eigenvalue weighted by Crippen LogP contribution is -2.15. The van der Waals surface area contributed by atoms with E-state index in [-0.39, 0.29) is 0 Å². The van der Waals surface area contributed by atoms with Crippen molar-refractivity contribution in [3.05, 3.63) is 28.8 Å². The van der Waals surface area contributed by atoms with Crippen LogP contribution in [0.1, 0.15) is 38.2 Å². The first kappa shape index (κ1) is 14.3. The van der Waals surface area contributed by atoms with E-state index in [0.717, 1.165) is 29.4 Å². The Bertz CT molecular complexity index is 328. The van der Waals surface area contributed by atoms with Crippen molar-refractivity contribution in [1.29, 1.82) is 0 Å². The molecule has 0 fully saturated rings. The van der Waals surface area contributed by atoms with E-state index in [1.54, 1.807) is 7.11 Å². The van der Waals surface area contributed by atoms with Gasteiger partial charge in [0.05, 0.1) is 7.11 Å². The van der Waals surface area contributed by atoms with E-state index in [0.29, 0.717) is 0 Å². The molecule has 0 bridgehead atoms. The predicted molar refractivity (Wildman–Crippen MR) is 73.9 cm³/mol. The smallest absolute Gasteiger partial charge is 0.123 e. The second kappa shape index (κ2) is 8.37. The van der Waals surface area contributed by atoms with Gasteiger partial charge in [-0.25, -0.2) is 0 Å². The van der Waals surface area contributed by atoms with Gasteiger partial charge in [0, 0.05) is 17.1 Å². The molecule has 1 aromatic rings. The zero-order valence-corrected chi connectivity index (χ0v) is 11.5. The average molecular weight is 256 g/mol. The number of unbranched alkanes of at least 4 members (excludes halogenated alkanes) is 3. The molecule has 1 N–H and O–H groups in total. The fraction of sp³-hybridized carbons (Fsp3) is 0.571. The molecule has 3 heteroatoms. The fourth-order valence-electron chi connectivity index (χ4n) is 1.79. The van der Waals surface area contributed by atoms with Crippen LogP contribution in [0.25, 0.3) is 0 Å². The van der Waals surface area contributed by atoms with E-state index in [9.17, 15) is 0 Å². The molecule has 0 aliphatic heterocycles. The van der Waals surface area contributed by atoms with E-state index < -0.39 is 0 Å². The number of benzene rings is 1. The number of rotatable bonds is 8. The first-order chi connectivity index (χ1) is 8.27. The van der Waals surface area contributed by atoms with E-state index in [1.807, 2.05) is 18.2 Å². The first-order valence-corrected chi connectivity index (χ1v) is 6.69. The van der Waals surface area contributed by atoms with Crippen LogP contribution in [0.4, 0.5) is 0 Å². The molecule has 1 aromatic carbocycles. The number of hydrogen-bond acceptors (Lipinski definition) is 2. The molecule has 1 rings (SSSR count). The molecular weight excluding hydrogens is 234 g/mol. The van der Waals surface area contributed by atoms with Crippen LogP contribution >= 0.6 is 11.6 Å². The second-order valence-electron chi connectivity index (χ2n) is 4.19. The van der Waals surface area contributed by atoms with E-state index >= 15 is 0 Å². The monoisotopic (exact) mass is 255 g/mol. The largest absolute Gasteiger partial charge is 0.496 e. The van der Waals surface area contributed by atoms with Crippen molar-refractivity contribution in [2.45, 2.75) is 39.2 Å². The molecule has 0 amide bonds. The van der Waals surface area contributed by atoms with Gasteiger partial charge in [-0.05, 0) is 31.2 Å². The minimum absolute atomic E-state index is 0.758. The third-order valence-corrected chi connectivity index (χ3v) is 3.00. The number of halogens is 1. The van der Waals surface area contributed by atoms with Gasteiger partial charge in [-0.2, -0.15) is 0 Å². The normalized spacial score (nSPS) is 10.5. The molecule has 0 saturated carbocycles. The standard InChI is InChI=1S/C14H22ClNO/c1-3-4-5-6-9-16-11-12-10-13(15)7-8-14(12)17-2/h7-8,10,16H,3-6,9,11H2,1-2H3. The van der Waals surface area contributed by atoms with Gasteiger partial charge in [-0.3, -0.25) is 0 Å². The van der Waals surface area contributed by atoms with Crippen LogP contribution in [0.2, 0.25) is 5.02 Å². The van der Waals surface area contributed by atoms with Crippen LogP contribution in [0, 0.1) is 0 Å². The highest BCUT2D eigenvalue weighted by Gasteiger charge is 2.02. The lowest BCUT2D eigenvalue weighted by Gasteiger charge is -2.10. The number of nitrogens with one attached hydrogen (secondary N) is 1. The lowest BCUT2D eigenvalue weighted by molar-refractivity contribution is 0.407. The summed E-state index contributed by atoms with van der Waals surface area (Å²) in [6.45, 7) is 4.09. The molecule has 2 nitrogen and oxygen atoms in total. The van der Waals surface area contributed by atoms with Crippen molar-refractivity contribution in [2.24, 2.45) is 0 Å². The summed E-state index contributed by atoms with van der Waals surface area (Å²) in [5.41, 5.74) is 1.12. The Hall–Kier alpha value is -0.730. The third-order valence-electron chi connectivity index (χ3n) is 2.77. The summed E-state index contributed by atoms with van der Waals surface area (Å²) in [4.78, 5) is 0. The zero-order chi connectivity index (χ0) is 12.5. The Labute approximate surface area is 109 Å². The summed E-state index contributed by atoms with van der Waals surface area (Å²) < 4.78 is 5.30. The summed E-state index contributed by atoms with van der Waals surface area (Å²) in [6, 6.07) is 5.72. The predicted octanol–water partition coefficient (Wildman–Crippen LogP) is 4.02. The van der Waals surface area contributed by atoms with Crippen molar-refractivity contribution in [2.75, 3.05) is 13.7 Å². The van der Waals surface area contributed by atoms with Gasteiger partial charge in [-0.15, -0.1) is 0 Å². The first-order valence-electron chi connectivity index (χ1n) is 6.31. The minimum Gasteiger partial charge on any atom is -0.496 e. The van der Waals surface area contributed by atoms with Crippen LogP contribution in [-0.2, 0) is 6.54 Å². The van der Waals surface area contributed by atoms with Gasteiger partial charge in [0.15, 0.2) is 0 Å². The van der Waals surface area contributed by atoms with Crippen molar-refractivity contribution < 1.29 is 4.74 Å². The fourth-order valence-corrected chi connectivity index (χ4v) is 1.98. The van der Waals surface area contributed by atoms with Crippen molar-refractivity contribution >= 4 is 11.6 Å². The number of ether oxygens (including phenoxy) is 1. The highest BCUT2D eigenvalue weighted by atomic mass is 35.5. The van der Waals surface area contributed by atoms with Gasteiger partial charge in [-0.1, -0.05) is 37.8 Å². The topological polar surface area (TPSA) is 21.3 Å². The summed E-state index contributed by atoms with van der Waals surface area (Å²) in [7, 11) is 1.69. The van der Waals surface area contributed by atoms with Gasteiger partial charge in [0.2, 0.25) is 0 Å². The Balaban J connectivity index is 2.32. The summed E-state index contributed by atoms with van der Waals surface area (Å²) >= 11 is 5.97. The van der Waals surface area contributed by atoms with Gasteiger partial charge < -0.3 is 10.1 Å². The maximum absolute atomic E-state index is 5.97. The van der Waals surface area contributed by atoms with Gasteiger partial charge >= 0.3 is 0 Å². The quantitative estimate of drug-likeness (QED) is 0.709. The van der Waals surface area contributed by atoms with E-state index in [4.69, 9.17) is 16.3 Å². The average Bonchev–Trinajstić information content (AvgIpc) is 2.34. The summed E-state index contributed by atoms with van der Waals surface area (Å²) in [6.07, 6.45) is 5.14. The van der Waals surface area contributed by atoms with Crippen molar-refractivity contribution in [1.82, 2.24) is 5.32 Å². The zero-order valence-electron chi connectivity index (χ0n) is 10.8. The Morgan fingerprint density at radius 2 is 2.06 bits per heavy atom. The third kappa shape index (κ3) is 5.42. The molecule has 0 heterocycles. The van der Waals surface area contributed by atoms with Crippen LogP contribution in [0.5, 0.6) is 5.75 Å². The summed E-state index contributed by atoms with van der Waals surface area (Å²) in [5.74, 6) is 0.899. The van der Waals surface area contributed by atoms with Gasteiger partial charge in [0.1, 0.15) is 5.75 Å². The molecule has 0 aromatic heterocycles. The lowest BCUT2D eigenvalue weighted by atomic mass is 10.2. The minimum atomic E-state index is 0.758. The van der Waals surface area contributed by atoms with Crippen LogP contribution in [0.15, 0.2) is 18.2 Å². The SMILES string of the molecule is CCCCCCNCc1cc(Cl)ccc1OC. The van der Waals surface area contributed by atoms with Gasteiger partial charge in [0.25, 0.3) is 0 Å². The van der Waals surface area contributed by atoms with Crippen LogP contribution in [0.3, 0.4) is 0 Å². The summed E-state index contributed by atoms with van der Waals surface area (Å²) in [5, 5.41) is 4.18. The molecule has 0 radical (unpaired) electrons. The molecule has 0 aliphatic rings. The second-order valence-corrected chi connectivity index (χ2v) is 4.63. The van der Waals surface area contributed by atoms with E-state index in [2.05, 4.69) is 12.2 Å². The molecule has 0 aliphatic carbocycles. The molecule has 0 spiro atoms.